The molecule has 0 aromatic rings. The number of hydrogen-bond donors (Lipinski definition) is 6. The van der Waals surface area contributed by atoms with Gasteiger partial charge in [0, 0.05) is 26.3 Å². The highest BCUT2D eigenvalue weighted by molar-refractivity contribution is 5.04. The maximum absolute atomic E-state index is 11.5. The van der Waals surface area contributed by atoms with Crippen molar-refractivity contribution in [2.75, 3.05) is 19.8 Å². The molecule has 262 valence electrons. The van der Waals surface area contributed by atoms with Crippen LogP contribution in [-0.4, -0.2) is 142 Å². The highest BCUT2D eigenvalue weighted by Gasteiger charge is 2.53. The Hall–Kier alpha value is -3.20. The van der Waals surface area contributed by atoms with E-state index in [4.69, 9.17) is 29.2 Å². The molecular weight excluding hydrogens is 632 g/mol. The largest absolute Gasteiger partial charge is 0.394 e. The summed E-state index contributed by atoms with van der Waals surface area (Å²) in [6.45, 7) is 1.17. The first-order chi connectivity index (χ1) is 22.7. The van der Waals surface area contributed by atoms with Crippen LogP contribution < -0.4 is 0 Å². The van der Waals surface area contributed by atoms with Crippen LogP contribution in [0.4, 0.5) is 0 Å². The molecule has 6 N–H and O–H groups in total. The SMILES string of the molecule is CCCCCCO[C@H]1[C@H](N=[N+]=[N-])[C@@H](O)[C@@H](O[C@@H]2[C@@H](O)[C@H](O[C@H]3O[C@H](CN=[N+]=[N-])[C@@H](O)[C@H](O)[C@H]3O)[C@@H](N=[N+]=[N-])C[C@H]2N=[N+]=[N-])O[C@@H]1CO. The topological polar surface area (TPSA) is 363 Å². The van der Waals surface area contributed by atoms with Crippen LogP contribution in [0.3, 0.4) is 0 Å². The Morgan fingerprint density at radius 1 is 0.681 bits per heavy atom. The van der Waals surface area contributed by atoms with Crippen molar-refractivity contribution in [3.8, 4) is 0 Å². The number of aliphatic hydroxyl groups is 6. The number of unbranched alkanes of at least 4 members (excludes halogenated alkanes) is 3. The summed E-state index contributed by atoms with van der Waals surface area (Å²) in [5, 5.41) is 78.1. The van der Waals surface area contributed by atoms with E-state index in [1.807, 2.05) is 6.92 Å². The van der Waals surface area contributed by atoms with E-state index in [2.05, 4.69) is 40.1 Å². The number of azide groups is 4. The molecule has 1 aliphatic carbocycles. The van der Waals surface area contributed by atoms with E-state index < -0.39 is 105 Å². The molecule has 0 spiro atoms. The van der Waals surface area contributed by atoms with Crippen LogP contribution in [0.1, 0.15) is 39.0 Å². The van der Waals surface area contributed by atoms with Crippen LogP contribution >= 0.6 is 0 Å². The Morgan fingerprint density at radius 2 is 1.28 bits per heavy atom. The number of nitrogens with zero attached hydrogens (tertiary/aromatic N) is 12. The summed E-state index contributed by atoms with van der Waals surface area (Å²) in [6.07, 6.45) is -15.9. The van der Waals surface area contributed by atoms with Gasteiger partial charge in [-0.15, -0.1) is 0 Å². The van der Waals surface area contributed by atoms with Gasteiger partial charge < -0.3 is 54.3 Å². The van der Waals surface area contributed by atoms with Gasteiger partial charge in [-0.25, -0.2) is 0 Å². The zero-order chi connectivity index (χ0) is 34.5. The number of hydrogen-bond acceptors (Lipinski definition) is 15. The van der Waals surface area contributed by atoms with Crippen LogP contribution in [0.25, 0.3) is 41.8 Å². The second kappa shape index (κ2) is 19.0. The van der Waals surface area contributed by atoms with Crippen molar-refractivity contribution in [2.45, 2.75) is 131 Å². The Kier molecular flexibility index (Phi) is 15.4. The lowest BCUT2D eigenvalue weighted by Crippen LogP contribution is -2.65. The molecule has 3 fully saturated rings. The van der Waals surface area contributed by atoms with E-state index in [0.29, 0.717) is 6.42 Å². The smallest absolute Gasteiger partial charge is 0.186 e. The molecule has 1 saturated carbocycles. The summed E-state index contributed by atoms with van der Waals surface area (Å²) < 4.78 is 28.8. The van der Waals surface area contributed by atoms with Gasteiger partial charge in [-0.1, -0.05) is 46.6 Å². The minimum atomic E-state index is -1.89. The average Bonchev–Trinajstić information content (AvgIpc) is 3.06. The molecule has 0 radical (unpaired) electrons. The van der Waals surface area contributed by atoms with Gasteiger partial charge >= 0.3 is 0 Å². The summed E-state index contributed by atoms with van der Waals surface area (Å²) in [5.74, 6) is 0. The molecule has 2 aliphatic heterocycles. The van der Waals surface area contributed by atoms with E-state index in [0.717, 1.165) is 19.3 Å². The normalized spacial score (nSPS) is 40.2. The Balaban J connectivity index is 1.87. The molecule has 0 bridgehead atoms. The maximum Gasteiger partial charge on any atom is 0.186 e. The van der Waals surface area contributed by atoms with Crippen molar-refractivity contribution >= 4 is 0 Å². The van der Waals surface area contributed by atoms with Crippen molar-refractivity contribution in [3.63, 3.8) is 0 Å². The van der Waals surface area contributed by atoms with Crippen LogP contribution in [0.2, 0.25) is 0 Å². The van der Waals surface area contributed by atoms with Gasteiger partial charge in [-0.2, -0.15) is 0 Å². The monoisotopic (exact) mass is 672 g/mol. The molecule has 3 rings (SSSR count). The standard InChI is InChI=1S/C24H40N12O11/c1-2-3-4-5-6-43-22-13(9-37)45-23(16(39)14(22)32-36-28)46-20-10(30-34-26)7-11(31-35-27)21(19(20)42)47-24-18(41)17(40)15(38)12(44-24)8-29-33-25/h10-24,37-42H,2-9H2,1H3/t10-,11+,12-,13-,14-,15-,16-,17+,18-,19-,20+,21-,22-,23-,24-/m1/s1. The third-order valence-electron chi connectivity index (χ3n) is 8.20. The predicted molar refractivity (Wildman–Crippen MR) is 156 cm³/mol. The Bertz CT molecular complexity index is 1200. The van der Waals surface area contributed by atoms with Crippen LogP contribution in [0.15, 0.2) is 20.5 Å². The van der Waals surface area contributed by atoms with Gasteiger partial charge in [0.05, 0.1) is 55.7 Å². The number of aliphatic hydroxyl groups excluding tert-OH is 6. The molecule has 23 heteroatoms. The van der Waals surface area contributed by atoms with Crippen molar-refractivity contribution < 1.29 is 54.3 Å². The van der Waals surface area contributed by atoms with Gasteiger partial charge in [0.2, 0.25) is 0 Å². The lowest BCUT2D eigenvalue weighted by atomic mass is 9.84. The third-order valence-corrected chi connectivity index (χ3v) is 8.20. The van der Waals surface area contributed by atoms with Gasteiger partial charge in [-0.3, -0.25) is 0 Å². The minimum absolute atomic E-state index is 0.227. The zero-order valence-electron chi connectivity index (χ0n) is 25.4. The second-order valence-corrected chi connectivity index (χ2v) is 11.2. The second-order valence-electron chi connectivity index (χ2n) is 11.2. The van der Waals surface area contributed by atoms with E-state index in [1.165, 1.54) is 0 Å². The fourth-order valence-electron chi connectivity index (χ4n) is 5.78. The Labute approximate surface area is 267 Å². The van der Waals surface area contributed by atoms with Crippen LogP contribution in [0.5, 0.6) is 0 Å². The number of rotatable bonds is 16. The van der Waals surface area contributed by atoms with E-state index >= 15 is 0 Å². The van der Waals surface area contributed by atoms with Crippen molar-refractivity contribution in [2.24, 2.45) is 20.5 Å². The fourth-order valence-corrected chi connectivity index (χ4v) is 5.78. The maximum atomic E-state index is 11.5. The van der Waals surface area contributed by atoms with Crippen molar-refractivity contribution in [1.82, 2.24) is 0 Å². The predicted octanol–water partition coefficient (Wildman–Crippen LogP) is 0.720. The molecular formula is C24H40N12O11. The van der Waals surface area contributed by atoms with Crippen molar-refractivity contribution in [3.05, 3.63) is 41.8 Å². The lowest BCUT2D eigenvalue weighted by Gasteiger charge is -2.48. The lowest BCUT2D eigenvalue weighted by molar-refractivity contribution is -0.333. The van der Waals surface area contributed by atoms with E-state index in [1.54, 1.807) is 0 Å². The summed E-state index contributed by atoms with van der Waals surface area (Å²) in [4.78, 5) is 10.9. The highest BCUT2D eigenvalue weighted by atomic mass is 16.7. The molecule has 0 amide bonds. The Morgan fingerprint density at radius 3 is 1.83 bits per heavy atom. The van der Waals surface area contributed by atoms with Gasteiger partial charge in [0.1, 0.15) is 36.6 Å². The zero-order valence-corrected chi connectivity index (χ0v) is 25.4. The van der Waals surface area contributed by atoms with Crippen molar-refractivity contribution in [1.29, 1.82) is 0 Å². The first kappa shape index (κ1) is 38.2. The average molecular weight is 673 g/mol. The summed E-state index contributed by atoms with van der Waals surface area (Å²) in [7, 11) is 0. The summed E-state index contributed by atoms with van der Waals surface area (Å²) in [6, 6.07) is -3.85. The number of ether oxygens (including phenoxy) is 5. The molecule has 3 aliphatic rings. The molecule has 0 aromatic heterocycles. The minimum Gasteiger partial charge on any atom is -0.394 e. The summed E-state index contributed by atoms with van der Waals surface area (Å²) >= 11 is 0. The molecule has 0 aromatic carbocycles. The third kappa shape index (κ3) is 9.46. The van der Waals surface area contributed by atoms with E-state index in [9.17, 15) is 47.2 Å². The quantitative estimate of drug-likeness (QED) is 0.0574. The molecule has 2 saturated heterocycles. The first-order valence-electron chi connectivity index (χ1n) is 15.0. The molecule has 47 heavy (non-hydrogen) atoms. The first-order valence-corrected chi connectivity index (χ1v) is 15.0. The van der Waals surface area contributed by atoms with Gasteiger partial charge in [0.15, 0.2) is 12.6 Å². The van der Waals surface area contributed by atoms with Crippen LogP contribution in [-0.2, 0) is 23.7 Å². The van der Waals surface area contributed by atoms with Crippen LogP contribution in [0, 0.1) is 0 Å². The molecule has 2 heterocycles. The van der Waals surface area contributed by atoms with Gasteiger partial charge in [0.25, 0.3) is 0 Å². The molecule has 23 nitrogen and oxygen atoms in total. The fraction of sp³-hybridized carbons (Fsp3) is 1.00. The van der Waals surface area contributed by atoms with E-state index in [-0.39, 0.29) is 13.0 Å². The summed E-state index contributed by atoms with van der Waals surface area (Å²) in [5.41, 5.74) is 36.3. The van der Waals surface area contributed by atoms with Gasteiger partial charge in [-0.05, 0) is 35.0 Å². The highest BCUT2D eigenvalue weighted by Crippen LogP contribution is 2.36. The molecule has 15 atom stereocenters. The molecule has 0 unspecified atom stereocenters.